The molecular weight excluding hydrogens is 328 g/mol. The van der Waals surface area contributed by atoms with Crippen LogP contribution in [0.4, 0.5) is 0 Å². The highest BCUT2D eigenvalue weighted by atomic mass is 32.2. The zero-order valence-electron chi connectivity index (χ0n) is 14.2. The first-order chi connectivity index (χ1) is 11.3. The van der Waals surface area contributed by atoms with Crippen LogP contribution >= 0.6 is 11.8 Å². The van der Waals surface area contributed by atoms with Gasteiger partial charge in [-0.3, -0.25) is 14.4 Å². The van der Waals surface area contributed by atoms with Crippen molar-refractivity contribution in [3.05, 3.63) is 35.9 Å². The summed E-state index contributed by atoms with van der Waals surface area (Å²) in [5, 5.41) is 14.5. The molecular formula is C17H24N2O4S. The number of carboxylic acids is 1. The van der Waals surface area contributed by atoms with Gasteiger partial charge in [0.05, 0.1) is 5.41 Å². The summed E-state index contributed by atoms with van der Waals surface area (Å²) in [5.41, 5.74) is -0.589. The van der Waals surface area contributed by atoms with Crippen LogP contribution in [0.2, 0.25) is 0 Å². The molecule has 132 valence electrons. The van der Waals surface area contributed by atoms with Gasteiger partial charge < -0.3 is 15.7 Å². The first kappa shape index (κ1) is 20.0. The molecule has 0 aliphatic rings. The van der Waals surface area contributed by atoms with E-state index in [0.717, 1.165) is 0 Å². The van der Waals surface area contributed by atoms with Crippen molar-refractivity contribution in [2.75, 3.05) is 18.6 Å². The maximum absolute atomic E-state index is 12.4. The van der Waals surface area contributed by atoms with Crippen LogP contribution in [0.15, 0.2) is 30.3 Å². The van der Waals surface area contributed by atoms with Crippen LogP contribution in [0.5, 0.6) is 0 Å². The second kappa shape index (κ2) is 9.32. The average molecular weight is 352 g/mol. The molecule has 1 aromatic carbocycles. The van der Waals surface area contributed by atoms with Gasteiger partial charge in [-0.2, -0.15) is 11.8 Å². The van der Waals surface area contributed by atoms with Gasteiger partial charge in [-0.1, -0.05) is 18.2 Å². The fourth-order valence-corrected chi connectivity index (χ4v) is 2.31. The molecule has 0 radical (unpaired) electrons. The number of nitrogens with one attached hydrogen (secondary N) is 2. The molecule has 1 unspecified atom stereocenters. The molecule has 0 spiro atoms. The summed E-state index contributed by atoms with van der Waals surface area (Å²) in [6.45, 7) is 3.07. The molecule has 3 N–H and O–H groups in total. The second-order valence-electron chi connectivity index (χ2n) is 6.08. The molecule has 1 rings (SSSR count). The van der Waals surface area contributed by atoms with Crippen LogP contribution in [0, 0.1) is 5.41 Å². The molecule has 0 saturated carbocycles. The smallest absolute Gasteiger partial charge is 0.310 e. The first-order valence-electron chi connectivity index (χ1n) is 7.64. The monoisotopic (exact) mass is 352 g/mol. The molecule has 0 heterocycles. The van der Waals surface area contributed by atoms with E-state index in [4.69, 9.17) is 5.11 Å². The normalized spacial score (nSPS) is 12.3. The Hall–Kier alpha value is -2.02. The number of rotatable bonds is 9. The molecule has 0 aliphatic heterocycles. The fraction of sp³-hybridized carbons (Fsp3) is 0.471. The van der Waals surface area contributed by atoms with Crippen molar-refractivity contribution in [3.63, 3.8) is 0 Å². The van der Waals surface area contributed by atoms with Crippen LogP contribution in [-0.2, 0) is 9.59 Å². The van der Waals surface area contributed by atoms with Crippen molar-refractivity contribution in [2.24, 2.45) is 5.41 Å². The summed E-state index contributed by atoms with van der Waals surface area (Å²) in [6.07, 6.45) is 2.39. The molecule has 0 saturated heterocycles. The van der Waals surface area contributed by atoms with Crippen molar-refractivity contribution in [1.29, 1.82) is 0 Å². The Morgan fingerprint density at radius 2 is 1.83 bits per heavy atom. The van der Waals surface area contributed by atoms with Gasteiger partial charge in [0, 0.05) is 12.1 Å². The number of carbonyl (C=O) groups excluding carboxylic acids is 2. The molecule has 6 nitrogen and oxygen atoms in total. The molecule has 0 aliphatic carbocycles. The lowest BCUT2D eigenvalue weighted by molar-refractivity contribution is -0.146. The van der Waals surface area contributed by atoms with E-state index in [-0.39, 0.29) is 18.4 Å². The summed E-state index contributed by atoms with van der Waals surface area (Å²) in [6, 6.07) is 7.96. The van der Waals surface area contributed by atoms with E-state index < -0.39 is 17.4 Å². The Morgan fingerprint density at radius 1 is 1.21 bits per heavy atom. The highest BCUT2D eigenvalue weighted by Crippen LogP contribution is 2.13. The highest BCUT2D eigenvalue weighted by molar-refractivity contribution is 7.98. The maximum Gasteiger partial charge on any atom is 0.310 e. The minimum atomic E-state index is -1.07. The van der Waals surface area contributed by atoms with Crippen LogP contribution in [0.1, 0.15) is 30.6 Å². The highest BCUT2D eigenvalue weighted by Gasteiger charge is 2.29. The Labute approximate surface area is 146 Å². The number of carboxylic acid groups (broad SMARTS) is 1. The van der Waals surface area contributed by atoms with Gasteiger partial charge >= 0.3 is 5.97 Å². The number of hydrogen-bond donors (Lipinski definition) is 3. The number of benzene rings is 1. The minimum Gasteiger partial charge on any atom is -0.481 e. The van der Waals surface area contributed by atoms with Gasteiger partial charge in [0.25, 0.3) is 5.91 Å². The Kier molecular flexibility index (Phi) is 7.78. The third-order valence-electron chi connectivity index (χ3n) is 3.55. The lowest BCUT2D eigenvalue weighted by atomic mass is 9.94. The largest absolute Gasteiger partial charge is 0.481 e. The molecule has 7 heteroatoms. The van der Waals surface area contributed by atoms with E-state index in [1.54, 1.807) is 36.0 Å². The van der Waals surface area contributed by atoms with Crippen LogP contribution < -0.4 is 10.6 Å². The van der Waals surface area contributed by atoms with Crippen LogP contribution in [0.3, 0.4) is 0 Å². The Balaban J connectivity index is 2.71. The molecule has 1 atom stereocenters. The van der Waals surface area contributed by atoms with E-state index >= 15 is 0 Å². The molecule has 2 amide bonds. The van der Waals surface area contributed by atoms with Crippen molar-refractivity contribution in [2.45, 2.75) is 26.3 Å². The lowest BCUT2D eigenvalue weighted by Crippen LogP contribution is -2.50. The van der Waals surface area contributed by atoms with E-state index in [9.17, 15) is 14.4 Å². The third-order valence-corrected chi connectivity index (χ3v) is 4.20. The third kappa shape index (κ3) is 6.23. The van der Waals surface area contributed by atoms with E-state index in [0.29, 0.717) is 17.7 Å². The van der Waals surface area contributed by atoms with Crippen LogP contribution in [-0.4, -0.2) is 47.5 Å². The molecule has 0 bridgehead atoms. The zero-order valence-corrected chi connectivity index (χ0v) is 15.0. The maximum atomic E-state index is 12.4. The fourth-order valence-electron chi connectivity index (χ4n) is 1.84. The standard InChI is InChI=1S/C17H24N2O4S/c1-17(2,16(22)23)11-18-15(21)13(9-10-24-3)19-14(20)12-7-5-4-6-8-12/h4-8,13H,9-11H2,1-3H3,(H,18,21)(H,19,20)(H,22,23). The Morgan fingerprint density at radius 3 is 2.38 bits per heavy atom. The first-order valence-corrected chi connectivity index (χ1v) is 9.03. The SMILES string of the molecule is CSCCC(NC(=O)c1ccccc1)C(=O)NCC(C)(C)C(=O)O. The van der Waals surface area contributed by atoms with E-state index in [1.165, 1.54) is 13.8 Å². The topological polar surface area (TPSA) is 95.5 Å². The summed E-state index contributed by atoms with van der Waals surface area (Å²) in [4.78, 5) is 35.7. The van der Waals surface area contributed by atoms with Gasteiger partial charge in [-0.25, -0.2) is 0 Å². The summed E-state index contributed by atoms with van der Waals surface area (Å²) < 4.78 is 0. The predicted octanol–water partition coefficient (Wildman–Crippen LogP) is 1.77. The van der Waals surface area contributed by atoms with Crippen molar-refractivity contribution in [3.8, 4) is 0 Å². The predicted molar refractivity (Wildman–Crippen MR) is 95.1 cm³/mol. The van der Waals surface area contributed by atoms with Crippen molar-refractivity contribution >= 4 is 29.5 Å². The average Bonchev–Trinajstić information content (AvgIpc) is 2.56. The zero-order chi connectivity index (χ0) is 18.2. The van der Waals surface area contributed by atoms with Gasteiger partial charge in [0.1, 0.15) is 6.04 Å². The quantitative estimate of drug-likeness (QED) is 0.629. The lowest BCUT2D eigenvalue weighted by Gasteiger charge is -2.23. The van der Waals surface area contributed by atoms with Crippen molar-refractivity contribution in [1.82, 2.24) is 10.6 Å². The summed E-state index contributed by atoms with van der Waals surface area (Å²) >= 11 is 1.57. The number of thioether (sulfide) groups is 1. The number of hydrogen-bond acceptors (Lipinski definition) is 4. The second-order valence-corrected chi connectivity index (χ2v) is 7.07. The van der Waals surface area contributed by atoms with Gasteiger partial charge in [-0.05, 0) is 44.4 Å². The van der Waals surface area contributed by atoms with Gasteiger partial charge in [-0.15, -0.1) is 0 Å². The van der Waals surface area contributed by atoms with Crippen LogP contribution in [0.25, 0.3) is 0 Å². The van der Waals surface area contributed by atoms with E-state index in [2.05, 4.69) is 10.6 Å². The number of carbonyl (C=O) groups is 3. The number of amides is 2. The van der Waals surface area contributed by atoms with E-state index in [1.807, 2.05) is 12.3 Å². The van der Waals surface area contributed by atoms with Gasteiger partial charge in [0.2, 0.25) is 5.91 Å². The Bertz CT molecular complexity index is 575. The summed E-state index contributed by atoms with van der Waals surface area (Å²) in [7, 11) is 0. The summed E-state index contributed by atoms with van der Waals surface area (Å²) in [5.74, 6) is -0.982. The molecule has 0 fully saturated rings. The van der Waals surface area contributed by atoms with Crippen molar-refractivity contribution < 1.29 is 19.5 Å². The van der Waals surface area contributed by atoms with Gasteiger partial charge in [0.15, 0.2) is 0 Å². The minimum absolute atomic E-state index is 0.00184. The molecule has 0 aromatic heterocycles. The molecule has 1 aromatic rings. The molecule has 24 heavy (non-hydrogen) atoms. The number of aliphatic carboxylic acids is 1.